The molecule has 5 nitrogen and oxygen atoms in total. The number of aromatic nitrogens is 4. The molecule has 10 aromatic carbocycles. The van der Waals surface area contributed by atoms with E-state index < -0.39 is 5.41 Å². The monoisotopic (exact) mass is 1370 g/mol. The molecule has 0 unspecified atom stereocenters. The van der Waals surface area contributed by atoms with Gasteiger partial charge in [0.1, 0.15) is 0 Å². The first kappa shape index (κ1) is 57.9. The van der Waals surface area contributed by atoms with Gasteiger partial charge in [0.25, 0.3) is 0 Å². The minimum absolute atomic E-state index is 0.0782. The molecule has 0 bridgehead atoms. The van der Waals surface area contributed by atoms with Crippen LogP contribution in [0.2, 0.25) is 0 Å². The summed E-state index contributed by atoms with van der Waals surface area (Å²) in [4.78, 5) is 7.75. The first-order valence-corrected chi connectivity index (χ1v) is 33.3. The van der Waals surface area contributed by atoms with Crippen LogP contribution < -0.4 is 4.74 Å². The summed E-state index contributed by atoms with van der Waals surface area (Å²) in [6.45, 7) is 27.7. The van der Waals surface area contributed by atoms with Gasteiger partial charge in [0, 0.05) is 16.0 Å². The molecule has 0 fully saturated rings. The zero-order valence-corrected chi connectivity index (χ0v) is 56.3. The van der Waals surface area contributed by atoms with E-state index in [-0.39, 0.29) is 21.7 Å². The van der Waals surface area contributed by atoms with Crippen LogP contribution in [0.1, 0.15) is 128 Å². The van der Waals surface area contributed by atoms with Crippen LogP contribution in [0.25, 0.3) is 83.4 Å². The van der Waals surface area contributed by atoms with Crippen molar-refractivity contribution in [1.29, 1.82) is 0 Å². The predicted octanol–water partition coefficient (Wildman–Crippen LogP) is 21.7. The Bertz CT molecular complexity index is 5070. The van der Waals surface area contributed by atoms with Crippen LogP contribution >= 0.6 is 11.8 Å². The van der Waals surface area contributed by atoms with Crippen molar-refractivity contribution in [2.24, 2.45) is 0 Å². The zero-order valence-electron chi connectivity index (χ0n) is 53.2. The van der Waals surface area contributed by atoms with Gasteiger partial charge < -0.3 is 0 Å². The molecule has 2 aliphatic rings. The van der Waals surface area contributed by atoms with Crippen molar-refractivity contribution in [3.63, 3.8) is 0 Å². The topological polar surface area (TPSA) is 36.9 Å². The van der Waals surface area contributed by atoms with E-state index in [1.807, 2.05) is 24.0 Å². The molecule has 13 aromatic rings. The molecule has 0 radical (unpaired) electrons. The van der Waals surface area contributed by atoms with Crippen molar-refractivity contribution in [3.8, 4) is 62.1 Å². The summed E-state index contributed by atoms with van der Waals surface area (Å²) in [5.41, 5.74) is 22.6. The van der Waals surface area contributed by atoms with E-state index in [1.165, 1.54) is 82.1 Å². The average Bonchev–Trinajstić information content (AvgIpc) is 1.48. The van der Waals surface area contributed by atoms with Crippen LogP contribution in [0.3, 0.4) is 0 Å². The SMILES string of the molecule is CC(C)(C)c1cc(-c2cc(C(C)(C)C)cc(-c3ccccc3)c2-n2[c](=[Pt])n(-c3[c-]c(Oc4[c-]c5c(cc4)c4cc6c(cc4n5-c4cc(C(C)(C)C)ccn4)C4(c5ccccc5Sc5ccccc54)c4ccccc4-6)ccc3)c3ccccc32)cc(C(C)(C)C)c1. The van der Waals surface area contributed by atoms with Crippen molar-refractivity contribution in [1.82, 2.24) is 18.7 Å². The Hall–Kier alpha value is -8.54. The summed E-state index contributed by atoms with van der Waals surface area (Å²) in [6.07, 6.45) is 1.96. The molecule has 7 heteroatoms. The molecule has 1 spiro atoms. The van der Waals surface area contributed by atoms with E-state index in [0.29, 0.717) is 11.5 Å². The van der Waals surface area contributed by atoms with Gasteiger partial charge in [-0.25, -0.2) is 0 Å². The number of pyridine rings is 1. The Kier molecular flexibility index (Phi) is 13.5. The summed E-state index contributed by atoms with van der Waals surface area (Å²) >= 11 is 4.42. The van der Waals surface area contributed by atoms with Crippen molar-refractivity contribution in [2.75, 3.05) is 0 Å². The summed E-state index contributed by atoms with van der Waals surface area (Å²) in [6, 6.07) is 86.5. The second kappa shape index (κ2) is 21.0. The van der Waals surface area contributed by atoms with E-state index in [2.05, 4.69) is 335 Å². The number of rotatable bonds is 7. The van der Waals surface area contributed by atoms with Crippen LogP contribution in [0.5, 0.6) is 11.5 Å². The summed E-state index contributed by atoms with van der Waals surface area (Å²) < 4.78 is 15.2. The van der Waals surface area contributed by atoms with Gasteiger partial charge in [-0.05, 0) is 62.6 Å². The summed E-state index contributed by atoms with van der Waals surface area (Å²) in [5, 5.41) is 2.20. The number of hydrogen-bond donors (Lipinski definition) is 0. The normalized spacial score (nSPS) is 13.7. The van der Waals surface area contributed by atoms with E-state index >= 15 is 0 Å². The van der Waals surface area contributed by atoms with Crippen LogP contribution in [-0.4, -0.2) is 18.7 Å². The number of para-hydroxylation sites is 2. The fraction of sp³-hybridized carbons (Fsp3) is 0.205. The van der Waals surface area contributed by atoms with E-state index in [4.69, 9.17) is 9.72 Å². The Labute approximate surface area is 544 Å². The van der Waals surface area contributed by atoms with Gasteiger partial charge in [0.15, 0.2) is 0 Å². The van der Waals surface area contributed by atoms with Gasteiger partial charge in [0.05, 0.1) is 5.41 Å². The standard InChI is InChI=1S/C83H72N4OS.Pt/c1-79(2,3)54-39-40-84-77(46-54)87-73-48-60(37-38-62(73)66-49-65-61-29-16-17-30-67(61)83(70(65)50-74(66)87)68-31-18-22-35-75(68)89-76-36-23-19-32-69(76)83)88-59-28-24-27-58(47-59)85-51-86(72-34-21-20-33-71(72)85)78-63(52-25-14-13-15-26-52)44-57(82(10,11)12)45-64(78)53-41-55(80(4,5)6)43-56(42-53)81(7,8)9;/h13-46,49-50H,1-12H3;/q-2;. The van der Waals surface area contributed by atoms with E-state index in [9.17, 15) is 0 Å². The van der Waals surface area contributed by atoms with Crippen LogP contribution in [0.4, 0.5) is 0 Å². The molecule has 0 saturated heterocycles. The third-order valence-electron chi connectivity index (χ3n) is 18.6. The third kappa shape index (κ3) is 9.37. The summed E-state index contributed by atoms with van der Waals surface area (Å²) in [7, 11) is 0. The van der Waals surface area contributed by atoms with Gasteiger partial charge in [-0.15, -0.1) is 0 Å². The van der Waals surface area contributed by atoms with Crippen molar-refractivity contribution < 1.29 is 24.1 Å². The Morgan fingerprint density at radius 1 is 0.411 bits per heavy atom. The van der Waals surface area contributed by atoms with Gasteiger partial charge >= 0.3 is 371 Å². The van der Waals surface area contributed by atoms with Crippen molar-refractivity contribution >= 4 is 44.6 Å². The number of benzene rings is 10. The first-order chi connectivity index (χ1) is 43.1. The quantitative estimate of drug-likeness (QED) is 0.149. The van der Waals surface area contributed by atoms with Gasteiger partial charge in [-0.1, -0.05) is 93.2 Å². The molecule has 0 amide bonds. The second-order valence-electron chi connectivity index (χ2n) is 28.6. The Morgan fingerprint density at radius 2 is 0.978 bits per heavy atom. The molecule has 1 aliphatic heterocycles. The molecule has 15 rings (SSSR count). The first-order valence-electron chi connectivity index (χ1n) is 31.3. The number of imidazole rings is 1. The van der Waals surface area contributed by atoms with Crippen molar-refractivity contribution in [3.05, 3.63) is 279 Å². The maximum absolute atomic E-state index is 7.06. The number of hydrogen-bond acceptors (Lipinski definition) is 3. The van der Waals surface area contributed by atoms with E-state index in [0.717, 1.165) is 59.4 Å². The van der Waals surface area contributed by atoms with E-state index in [1.54, 1.807) is 0 Å². The number of nitrogens with zero attached hydrogens (tertiary/aromatic N) is 4. The molecule has 0 atom stereocenters. The molecule has 90 heavy (non-hydrogen) atoms. The number of ether oxygens (including phenoxy) is 1. The molecule has 1 aliphatic carbocycles. The molecule has 3 aromatic heterocycles. The predicted molar refractivity (Wildman–Crippen MR) is 369 cm³/mol. The second-order valence-corrected chi connectivity index (χ2v) is 30.7. The van der Waals surface area contributed by atoms with Crippen LogP contribution in [0, 0.1) is 15.9 Å². The molecular weight excluding hydrogens is 1300 g/mol. The minimum atomic E-state index is -0.543. The molecule has 0 saturated carbocycles. The Balaban J connectivity index is 0.914. The average molecular weight is 1370 g/mol. The fourth-order valence-electron chi connectivity index (χ4n) is 13.9. The van der Waals surface area contributed by atoms with Crippen LogP contribution in [0.15, 0.2) is 228 Å². The van der Waals surface area contributed by atoms with Gasteiger partial charge in [-0.3, -0.25) is 0 Å². The van der Waals surface area contributed by atoms with Crippen LogP contribution in [-0.2, 0) is 46.4 Å². The fourth-order valence-corrected chi connectivity index (χ4v) is 16.2. The summed E-state index contributed by atoms with van der Waals surface area (Å²) in [5.74, 6) is 2.00. The molecule has 4 heterocycles. The molecular formula is C83H72N4OPtS-2. The van der Waals surface area contributed by atoms with Gasteiger partial charge in [-0.2, -0.15) is 0 Å². The van der Waals surface area contributed by atoms with Crippen molar-refractivity contribution in [2.45, 2.75) is 120 Å². The van der Waals surface area contributed by atoms with Gasteiger partial charge in [0.2, 0.25) is 0 Å². The third-order valence-corrected chi connectivity index (χ3v) is 20.8. The number of fused-ring (bicyclic) bond motifs is 13. The Morgan fingerprint density at radius 3 is 1.63 bits per heavy atom. The zero-order chi connectivity index (χ0) is 62.4. The molecule has 448 valence electrons. The molecule has 0 N–H and O–H groups in total. The maximum atomic E-state index is 7.06.